The summed E-state index contributed by atoms with van der Waals surface area (Å²) >= 11 is 1.85. The molecule has 57 heavy (non-hydrogen) atoms. The van der Waals surface area contributed by atoms with Gasteiger partial charge in [0.25, 0.3) is 0 Å². The van der Waals surface area contributed by atoms with E-state index in [4.69, 9.17) is 4.42 Å². The second kappa shape index (κ2) is 13.8. The summed E-state index contributed by atoms with van der Waals surface area (Å²) in [7, 11) is 0. The number of hydrogen-bond donors (Lipinski definition) is 0. The van der Waals surface area contributed by atoms with Crippen molar-refractivity contribution >= 4 is 70.5 Å². The molecule has 0 aliphatic heterocycles. The van der Waals surface area contributed by atoms with Crippen molar-refractivity contribution in [3.05, 3.63) is 212 Å². The Hall–Kier alpha value is -7.20. The minimum atomic E-state index is 0.896. The molecule has 0 saturated heterocycles. The molecule has 0 unspecified atom stereocenters. The van der Waals surface area contributed by atoms with Crippen LogP contribution in [0, 0.1) is 0 Å². The normalized spacial score (nSPS) is 11.5. The zero-order valence-corrected chi connectivity index (χ0v) is 31.8. The molecule has 11 rings (SSSR count). The highest BCUT2D eigenvalue weighted by atomic mass is 32.1. The van der Waals surface area contributed by atoms with E-state index in [1.807, 2.05) is 17.4 Å². The Morgan fingerprint density at radius 2 is 0.860 bits per heavy atom. The molecule has 0 spiro atoms. The molecule has 0 amide bonds. The summed E-state index contributed by atoms with van der Waals surface area (Å²) in [6.07, 6.45) is 0. The van der Waals surface area contributed by atoms with Gasteiger partial charge < -0.3 is 9.32 Å². The minimum absolute atomic E-state index is 0.896. The molecule has 0 N–H and O–H groups in total. The van der Waals surface area contributed by atoms with Crippen molar-refractivity contribution in [1.29, 1.82) is 0 Å². The molecule has 2 heterocycles. The number of anilines is 3. The van der Waals surface area contributed by atoms with Crippen LogP contribution in [-0.4, -0.2) is 0 Å². The maximum Gasteiger partial charge on any atom is 0.143 e. The minimum Gasteiger partial charge on any atom is -0.455 e. The van der Waals surface area contributed by atoms with Gasteiger partial charge in [-0.2, -0.15) is 0 Å². The third-order valence-corrected chi connectivity index (χ3v) is 12.2. The van der Waals surface area contributed by atoms with E-state index in [0.717, 1.165) is 61.3 Å². The average Bonchev–Trinajstić information content (AvgIpc) is 3.86. The maximum atomic E-state index is 6.61. The van der Waals surface area contributed by atoms with Crippen molar-refractivity contribution in [3.8, 4) is 44.5 Å². The van der Waals surface area contributed by atoms with Crippen molar-refractivity contribution in [1.82, 2.24) is 0 Å². The number of rotatable bonds is 7. The molecule has 0 saturated carbocycles. The van der Waals surface area contributed by atoms with E-state index in [0.29, 0.717) is 0 Å². The molecule has 0 fully saturated rings. The monoisotopic (exact) mass is 745 g/mol. The largest absolute Gasteiger partial charge is 0.455 e. The van der Waals surface area contributed by atoms with Crippen LogP contribution in [0.2, 0.25) is 0 Å². The van der Waals surface area contributed by atoms with Crippen molar-refractivity contribution in [2.24, 2.45) is 0 Å². The fourth-order valence-corrected chi connectivity index (χ4v) is 9.40. The molecule has 268 valence electrons. The molecule has 0 aliphatic rings. The van der Waals surface area contributed by atoms with E-state index in [2.05, 4.69) is 211 Å². The highest BCUT2D eigenvalue weighted by Crippen LogP contribution is 2.45. The first-order chi connectivity index (χ1) is 28.2. The van der Waals surface area contributed by atoms with Crippen molar-refractivity contribution in [2.45, 2.75) is 0 Å². The van der Waals surface area contributed by atoms with E-state index in [1.54, 1.807) is 0 Å². The van der Waals surface area contributed by atoms with Gasteiger partial charge in [-0.05, 0) is 93.5 Å². The molecular formula is C54H35NOS. The van der Waals surface area contributed by atoms with Gasteiger partial charge in [0.2, 0.25) is 0 Å². The Balaban J connectivity index is 1.09. The van der Waals surface area contributed by atoms with E-state index >= 15 is 0 Å². The Labute approximate surface area is 335 Å². The standard InChI is InChI=1S/C54H35NOS/c1-3-12-36(13-4-1)38-22-24-39(25-23-38)40-26-28-43(29-27-40)55(44-30-31-49-48-17-8-10-21-52(48)57-53(49)35-44)45-33-41(37-14-5-2-6-15-37)32-42(34-45)46-18-11-19-50-47-16-7-9-20-51(47)56-54(46)50/h1-35H. The van der Waals surface area contributed by atoms with Crippen molar-refractivity contribution in [3.63, 3.8) is 0 Å². The van der Waals surface area contributed by atoms with Crippen molar-refractivity contribution < 1.29 is 4.42 Å². The predicted octanol–water partition coefficient (Wildman–Crippen LogP) is 16.1. The Morgan fingerprint density at radius 1 is 0.316 bits per heavy atom. The predicted molar refractivity (Wildman–Crippen MR) is 243 cm³/mol. The van der Waals surface area contributed by atoms with Gasteiger partial charge in [0, 0.05) is 53.6 Å². The highest BCUT2D eigenvalue weighted by Gasteiger charge is 2.19. The second-order valence-corrected chi connectivity index (χ2v) is 15.6. The summed E-state index contributed by atoms with van der Waals surface area (Å²) in [6, 6.07) is 76.5. The van der Waals surface area contributed by atoms with Gasteiger partial charge in [-0.15, -0.1) is 11.3 Å². The van der Waals surface area contributed by atoms with Crippen LogP contribution in [0.25, 0.3) is 86.6 Å². The highest BCUT2D eigenvalue weighted by molar-refractivity contribution is 7.25. The van der Waals surface area contributed by atoms with Crippen LogP contribution in [0.1, 0.15) is 0 Å². The lowest BCUT2D eigenvalue weighted by Crippen LogP contribution is -2.10. The number of para-hydroxylation sites is 2. The fourth-order valence-electron chi connectivity index (χ4n) is 8.26. The first-order valence-corrected chi connectivity index (χ1v) is 20.1. The molecule has 0 radical (unpaired) electrons. The van der Waals surface area contributed by atoms with E-state index in [1.165, 1.54) is 42.4 Å². The number of benzene rings is 9. The SMILES string of the molecule is c1ccc(-c2ccc(-c3ccc(N(c4cc(-c5ccccc5)cc(-c5cccc6c5oc5ccccc56)c4)c4ccc5c(c4)sc4ccccc45)cc3)cc2)cc1. The lowest BCUT2D eigenvalue weighted by molar-refractivity contribution is 0.670. The summed E-state index contributed by atoms with van der Waals surface area (Å²) in [5.41, 5.74) is 14.3. The second-order valence-electron chi connectivity index (χ2n) is 14.5. The molecule has 9 aromatic carbocycles. The van der Waals surface area contributed by atoms with Gasteiger partial charge in [0.1, 0.15) is 11.2 Å². The quantitative estimate of drug-likeness (QED) is 0.162. The zero-order chi connectivity index (χ0) is 37.7. The first-order valence-electron chi connectivity index (χ1n) is 19.3. The van der Waals surface area contributed by atoms with Gasteiger partial charge in [0.05, 0.1) is 0 Å². The van der Waals surface area contributed by atoms with E-state index in [9.17, 15) is 0 Å². The Kier molecular flexibility index (Phi) is 8.04. The lowest BCUT2D eigenvalue weighted by Gasteiger charge is -2.27. The summed E-state index contributed by atoms with van der Waals surface area (Å²) < 4.78 is 9.17. The smallest absolute Gasteiger partial charge is 0.143 e. The number of hydrogen-bond acceptors (Lipinski definition) is 3. The van der Waals surface area contributed by atoms with Crippen LogP contribution < -0.4 is 4.90 Å². The topological polar surface area (TPSA) is 16.4 Å². The van der Waals surface area contributed by atoms with Crippen LogP contribution in [0.3, 0.4) is 0 Å². The third kappa shape index (κ3) is 5.97. The van der Waals surface area contributed by atoms with E-state index in [-0.39, 0.29) is 0 Å². The number of fused-ring (bicyclic) bond motifs is 6. The van der Waals surface area contributed by atoms with Crippen LogP contribution in [0.5, 0.6) is 0 Å². The number of furan rings is 1. The van der Waals surface area contributed by atoms with Gasteiger partial charge in [-0.3, -0.25) is 0 Å². The molecule has 0 bridgehead atoms. The van der Waals surface area contributed by atoms with Crippen LogP contribution >= 0.6 is 11.3 Å². The summed E-state index contributed by atoms with van der Waals surface area (Å²) in [5.74, 6) is 0. The summed E-state index contributed by atoms with van der Waals surface area (Å²) in [4.78, 5) is 2.40. The summed E-state index contributed by atoms with van der Waals surface area (Å²) in [5, 5.41) is 4.82. The van der Waals surface area contributed by atoms with Gasteiger partial charge in [-0.1, -0.05) is 158 Å². The van der Waals surface area contributed by atoms with Gasteiger partial charge >= 0.3 is 0 Å². The summed E-state index contributed by atoms with van der Waals surface area (Å²) in [6.45, 7) is 0. The average molecular weight is 746 g/mol. The fraction of sp³-hybridized carbons (Fsp3) is 0. The molecular weight excluding hydrogens is 711 g/mol. The Morgan fingerprint density at radius 3 is 1.60 bits per heavy atom. The van der Waals surface area contributed by atoms with Crippen LogP contribution in [0.4, 0.5) is 17.1 Å². The molecule has 3 heteroatoms. The molecule has 0 aliphatic carbocycles. The molecule has 2 nitrogen and oxygen atoms in total. The van der Waals surface area contributed by atoms with Gasteiger partial charge in [0.15, 0.2) is 0 Å². The maximum absolute atomic E-state index is 6.61. The van der Waals surface area contributed by atoms with Crippen molar-refractivity contribution in [2.75, 3.05) is 4.90 Å². The molecule has 2 aromatic heterocycles. The lowest BCUT2D eigenvalue weighted by atomic mass is 9.96. The van der Waals surface area contributed by atoms with Crippen LogP contribution in [0.15, 0.2) is 217 Å². The van der Waals surface area contributed by atoms with E-state index < -0.39 is 0 Å². The Bertz CT molecular complexity index is 3210. The molecule has 0 atom stereocenters. The van der Waals surface area contributed by atoms with Gasteiger partial charge in [-0.25, -0.2) is 0 Å². The third-order valence-electron chi connectivity index (χ3n) is 11.1. The number of thiophene rings is 1. The zero-order valence-electron chi connectivity index (χ0n) is 31.0. The first kappa shape index (κ1) is 33.2. The van der Waals surface area contributed by atoms with Crippen LogP contribution in [-0.2, 0) is 0 Å². The number of nitrogens with zero attached hydrogens (tertiary/aromatic N) is 1. The molecule has 11 aromatic rings.